The van der Waals surface area contributed by atoms with Crippen molar-refractivity contribution in [2.75, 3.05) is 31.1 Å². The van der Waals surface area contributed by atoms with Crippen LogP contribution in [0.4, 0.5) is 11.4 Å². The summed E-state index contributed by atoms with van der Waals surface area (Å²) in [6.07, 6.45) is 2.74. The average molecular weight is 322 g/mol. The molecule has 7 nitrogen and oxygen atoms in total. The molecule has 0 spiro atoms. The van der Waals surface area contributed by atoms with E-state index in [4.69, 9.17) is 11.6 Å². The summed E-state index contributed by atoms with van der Waals surface area (Å²) in [6.45, 7) is 4.10. The fourth-order valence-electron chi connectivity index (χ4n) is 2.55. The minimum atomic E-state index is -0.430. The Morgan fingerprint density at radius 1 is 1.27 bits per heavy atom. The molecule has 0 unspecified atom stereocenters. The van der Waals surface area contributed by atoms with Gasteiger partial charge in [-0.2, -0.15) is 5.10 Å². The van der Waals surface area contributed by atoms with Gasteiger partial charge in [0, 0.05) is 36.9 Å². The molecule has 3 rings (SSSR count). The Bertz CT molecular complexity index is 667. The Labute approximate surface area is 132 Å². The second-order valence-electron chi connectivity index (χ2n) is 5.22. The van der Waals surface area contributed by atoms with E-state index in [-0.39, 0.29) is 5.69 Å². The van der Waals surface area contributed by atoms with Crippen LogP contribution in [0.25, 0.3) is 0 Å². The summed E-state index contributed by atoms with van der Waals surface area (Å²) in [5, 5.41) is 15.4. The maximum Gasteiger partial charge on any atom is 0.307 e. The van der Waals surface area contributed by atoms with Gasteiger partial charge in [0.2, 0.25) is 0 Å². The lowest BCUT2D eigenvalue weighted by molar-refractivity contribution is -0.385. The third-order valence-electron chi connectivity index (χ3n) is 3.72. The molecular weight excluding hydrogens is 306 g/mol. The number of rotatable bonds is 4. The number of benzene rings is 1. The van der Waals surface area contributed by atoms with E-state index in [1.165, 1.54) is 12.4 Å². The van der Waals surface area contributed by atoms with Crippen molar-refractivity contribution in [2.45, 2.75) is 6.67 Å². The molecular formula is C14H16ClN5O2. The predicted molar refractivity (Wildman–Crippen MR) is 84.1 cm³/mol. The van der Waals surface area contributed by atoms with Crippen molar-refractivity contribution >= 4 is 23.0 Å². The number of nitro groups is 1. The molecule has 1 aromatic carbocycles. The molecule has 0 saturated carbocycles. The highest BCUT2D eigenvalue weighted by Gasteiger charge is 2.18. The lowest BCUT2D eigenvalue weighted by atomic mass is 10.2. The van der Waals surface area contributed by atoms with Crippen LogP contribution in [-0.2, 0) is 6.67 Å². The Hall–Kier alpha value is -2.12. The molecule has 2 aromatic rings. The van der Waals surface area contributed by atoms with Gasteiger partial charge in [0.1, 0.15) is 12.4 Å². The lowest BCUT2D eigenvalue weighted by Crippen LogP contribution is -2.46. The van der Waals surface area contributed by atoms with E-state index in [0.29, 0.717) is 6.67 Å². The van der Waals surface area contributed by atoms with Gasteiger partial charge in [-0.3, -0.25) is 19.7 Å². The van der Waals surface area contributed by atoms with Crippen molar-refractivity contribution in [2.24, 2.45) is 0 Å². The number of aromatic nitrogens is 2. The zero-order valence-corrected chi connectivity index (χ0v) is 12.7. The quantitative estimate of drug-likeness (QED) is 0.638. The van der Waals surface area contributed by atoms with Crippen LogP contribution in [-0.4, -0.2) is 45.8 Å². The summed E-state index contributed by atoms with van der Waals surface area (Å²) in [6, 6.07) is 7.84. The van der Waals surface area contributed by atoms with Crippen molar-refractivity contribution < 1.29 is 4.92 Å². The Morgan fingerprint density at radius 3 is 2.68 bits per heavy atom. The monoisotopic (exact) mass is 321 g/mol. The first-order chi connectivity index (χ1) is 10.6. The van der Waals surface area contributed by atoms with Gasteiger partial charge in [-0.15, -0.1) is 0 Å². The maximum absolute atomic E-state index is 10.7. The van der Waals surface area contributed by atoms with Crippen LogP contribution in [0, 0.1) is 10.1 Å². The standard InChI is InChI=1S/C14H16ClN5O2/c15-12-2-1-3-13(8-12)18-6-4-17(5-7-18)11-19-10-14(9-16-19)20(21)22/h1-3,8-10H,4-7,11H2. The van der Waals surface area contributed by atoms with E-state index in [1.807, 2.05) is 18.2 Å². The predicted octanol–water partition coefficient (Wildman–Crippen LogP) is 2.22. The third-order valence-corrected chi connectivity index (χ3v) is 3.96. The number of hydrogen-bond acceptors (Lipinski definition) is 5. The molecule has 1 aromatic heterocycles. The Balaban J connectivity index is 1.56. The van der Waals surface area contributed by atoms with Gasteiger partial charge in [0.25, 0.3) is 0 Å². The van der Waals surface area contributed by atoms with E-state index >= 15 is 0 Å². The van der Waals surface area contributed by atoms with E-state index < -0.39 is 4.92 Å². The molecule has 116 valence electrons. The van der Waals surface area contributed by atoms with Crippen LogP contribution in [0.3, 0.4) is 0 Å². The Morgan fingerprint density at radius 2 is 2.05 bits per heavy atom. The summed E-state index contributed by atoms with van der Waals surface area (Å²) < 4.78 is 1.60. The number of halogens is 1. The second-order valence-corrected chi connectivity index (χ2v) is 5.66. The molecule has 0 atom stereocenters. The Kier molecular flexibility index (Phi) is 4.26. The van der Waals surface area contributed by atoms with Crippen molar-refractivity contribution in [3.63, 3.8) is 0 Å². The molecule has 2 heterocycles. The fraction of sp³-hybridized carbons (Fsp3) is 0.357. The molecule has 1 fully saturated rings. The van der Waals surface area contributed by atoms with Gasteiger partial charge in [-0.1, -0.05) is 17.7 Å². The minimum Gasteiger partial charge on any atom is -0.369 e. The van der Waals surface area contributed by atoms with Crippen molar-refractivity contribution in [1.29, 1.82) is 0 Å². The first-order valence-corrected chi connectivity index (χ1v) is 7.39. The SMILES string of the molecule is O=[N+]([O-])c1cnn(CN2CCN(c3cccc(Cl)c3)CC2)c1. The first-order valence-electron chi connectivity index (χ1n) is 7.01. The number of piperazine rings is 1. The van der Waals surface area contributed by atoms with Gasteiger partial charge in [0.05, 0.1) is 11.6 Å². The average Bonchev–Trinajstić information content (AvgIpc) is 2.97. The summed E-state index contributed by atoms with van der Waals surface area (Å²) in [7, 11) is 0. The van der Waals surface area contributed by atoms with E-state index in [9.17, 15) is 10.1 Å². The number of nitrogens with zero attached hydrogens (tertiary/aromatic N) is 5. The molecule has 0 amide bonds. The molecule has 1 aliphatic heterocycles. The van der Waals surface area contributed by atoms with Crippen molar-refractivity contribution in [3.8, 4) is 0 Å². The fourth-order valence-corrected chi connectivity index (χ4v) is 2.73. The van der Waals surface area contributed by atoms with Crippen LogP contribution in [0.5, 0.6) is 0 Å². The highest BCUT2D eigenvalue weighted by molar-refractivity contribution is 6.30. The smallest absolute Gasteiger partial charge is 0.307 e. The molecule has 0 aliphatic carbocycles. The van der Waals surface area contributed by atoms with Crippen LogP contribution in [0.2, 0.25) is 5.02 Å². The van der Waals surface area contributed by atoms with Crippen molar-refractivity contribution in [1.82, 2.24) is 14.7 Å². The summed E-state index contributed by atoms with van der Waals surface area (Å²) in [4.78, 5) is 14.7. The largest absolute Gasteiger partial charge is 0.369 e. The van der Waals surface area contributed by atoms with Gasteiger partial charge in [-0.25, -0.2) is 0 Å². The molecule has 1 aliphatic rings. The summed E-state index contributed by atoms with van der Waals surface area (Å²) in [5.74, 6) is 0. The number of hydrogen-bond donors (Lipinski definition) is 0. The molecule has 0 N–H and O–H groups in total. The molecule has 0 radical (unpaired) electrons. The lowest BCUT2D eigenvalue weighted by Gasteiger charge is -2.35. The molecule has 8 heteroatoms. The highest BCUT2D eigenvalue weighted by atomic mass is 35.5. The van der Waals surface area contributed by atoms with Gasteiger partial charge >= 0.3 is 5.69 Å². The second kappa shape index (κ2) is 6.33. The minimum absolute atomic E-state index is 0.0255. The van der Waals surface area contributed by atoms with E-state index in [0.717, 1.165) is 36.9 Å². The number of anilines is 1. The topological polar surface area (TPSA) is 67.4 Å². The molecule has 0 bridgehead atoms. The molecule has 22 heavy (non-hydrogen) atoms. The zero-order chi connectivity index (χ0) is 15.5. The van der Waals surface area contributed by atoms with Crippen LogP contribution in [0.1, 0.15) is 0 Å². The maximum atomic E-state index is 10.7. The highest BCUT2D eigenvalue weighted by Crippen LogP contribution is 2.21. The van der Waals surface area contributed by atoms with E-state index in [2.05, 4.69) is 21.0 Å². The van der Waals surface area contributed by atoms with E-state index in [1.54, 1.807) is 4.68 Å². The van der Waals surface area contributed by atoms with Crippen LogP contribution >= 0.6 is 11.6 Å². The zero-order valence-electron chi connectivity index (χ0n) is 11.9. The first kappa shape index (κ1) is 14.8. The van der Waals surface area contributed by atoms with Crippen LogP contribution in [0.15, 0.2) is 36.7 Å². The normalized spacial score (nSPS) is 16.0. The summed E-state index contributed by atoms with van der Waals surface area (Å²) in [5.41, 5.74) is 1.15. The van der Waals surface area contributed by atoms with Gasteiger partial charge in [-0.05, 0) is 18.2 Å². The van der Waals surface area contributed by atoms with Gasteiger partial charge < -0.3 is 4.90 Å². The summed E-state index contributed by atoms with van der Waals surface area (Å²) >= 11 is 6.02. The van der Waals surface area contributed by atoms with Crippen LogP contribution < -0.4 is 4.90 Å². The van der Waals surface area contributed by atoms with Gasteiger partial charge in [0.15, 0.2) is 0 Å². The van der Waals surface area contributed by atoms with Crippen molar-refractivity contribution in [3.05, 3.63) is 51.8 Å². The third kappa shape index (κ3) is 3.37. The molecule has 1 saturated heterocycles.